The molecule has 5 heteroatoms. The Kier molecular flexibility index (Phi) is 3.17. The summed E-state index contributed by atoms with van der Waals surface area (Å²) < 4.78 is 0. The van der Waals surface area contributed by atoms with Gasteiger partial charge in [0, 0.05) is 18.2 Å². The van der Waals surface area contributed by atoms with Gasteiger partial charge in [0.2, 0.25) is 5.95 Å². The first-order valence-electron chi connectivity index (χ1n) is 8.42. The van der Waals surface area contributed by atoms with Crippen molar-refractivity contribution >= 4 is 23.2 Å². The number of ketones is 1. The second-order valence-electron chi connectivity index (χ2n) is 7.72. The number of benzene rings is 1. The highest BCUT2D eigenvalue weighted by Gasteiger charge is 2.36. The van der Waals surface area contributed by atoms with E-state index >= 15 is 0 Å². The molecule has 0 saturated heterocycles. The molecule has 4 rings (SSSR count). The maximum atomic E-state index is 12.4. The maximum absolute atomic E-state index is 12.4. The van der Waals surface area contributed by atoms with Gasteiger partial charge in [-0.25, -0.2) is 4.98 Å². The van der Waals surface area contributed by atoms with Crippen LogP contribution in [0, 0.1) is 5.41 Å². The van der Waals surface area contributed by atoms with Crippen LogP contribution in [0.25, 0.3) is 0 Å². The number of rotatable bonds is 1. The summed E-state index contributed by atoms with van der Waals surface area (Å²) >= 11 is 0. The van der Waals surface area contributed by atoms with E-state index in [1.807, 2.05) is 6.07 Å². The highest BCUT2D eigenvalue weighted by atomic mass is 16.1. The molecule has 1 aromatic heterocycles. The van der Waals surface area contributed by atoms with E-state index in [2.05, 4.69) is 48.9 Å². The van der Waals surface area contributed by atoms with Crippen molar-refractivity contribution in [3.63, 3.8) is 0 Å². The molecule has 2 N–H and O–H groups in total. The van der Waals surface area contributed by atoms with Gasteiger partial charge in [-0.1, -0.05) is 32.0 Å². The molecule has 2 aromatic rings. The summed E-state index contributed by atoms with van der Waals surface area (Å²) in [7, 11) is 0. The standard InChI is InChI=1S/C19H22N4O/c1-11-8-12-6-4-5-7-14(12)23(11)18-21-13-9-19(2,3)10-15(24)16(13)17(20)22-18/h4-7,11H,8-10H2,1-3H3,(H2,20,21,22). The van der Waals surface area contributed by atoms with Crippen LogP contribution in [-0.4, -0.2) is 21.8 Å². The van der Waals surface area contributed by atoms with Gasteiger partial charge < -0.3 is 10.6 Å². The summed E-state index contributed by atoms with van der Waals surface area (Å²) in [6.45, 7) is 6.35. The van der Waals surface area contributed by atoms with Gasteiger partial charge in [0.1, 0.15) is 5.82 Å². The van der Waals surface area contributed by atoms with Gasteiger partial charge in [0.25, 0.3) is 0 Å². The quantitative estimate of drug-likeness (QED) is 0.872. The van der Waals surface area contributed by atoms with E-state index in [4.69, 9.17) is 10.7 Å². The molecule has 0 bridgehead atoms. The van der Waals surface area contributed by atoms with E-state index in [1.165, 1.54) is 5.56 Å². The molecular formula is C19H22N4O. The predicted octanol–water partition coefficient (Wildman–Crippen LogP) is 3.30. The SMILES string of the molecule is CC1Cc2ccccc2N1c1nc(N)c2c(n1)CC(C)(C)CC2=O. The van der Waals surface area contributed by atoms with Crippen LogP contribution in [0.4, 0.5) is 17.5 Å². The van der Waals surface area contributed by atoms with Crippen molar-refractivity contribution in [2.45, 2.75) is 46.1 Å². The van der Waals surface area contributed by atoms with Gasteiger partial charge in [-0.15, -0.1) is 0 Å². The summed E-state index contributed by atoms with van der Waals surface area (Å²) in [6.07, 6.45) is 2.20. The van der Waals surface area contributed by atoms with E-state index in [-0.39, 0.29) is 17.2 Å². The topological polar surface area (TPSA) is 72.1 Å². The van der Waals surface area contributed by atoms with Crippen molar-refractivity contribution in [2.24, 2.45) is 5.41 Å². The van der Waals surface area contributed by atoms with Gasteiger partial charge in [-0.2, -0.15) is 4.98 Å². The highest BCUT2D eigenvalue weighted by molar-refractivity contribution is 6.02. The normalized spacial score (nSPS) is 21.5. The maximum Gasteiger partial charge on any atom is 0.232 e. The molecule has 2 heterocycles. The van der Waals surface area contributed by atoms with E-state index < -0.39 is 0 Å². The molecule has 0 radical (unpaired) electrons. The van der Waals surface area contributed by atoms with Crippen LogP contribution in [0.1, 0.15) is 48.8 Å². The highest BCUT2D eigenvalue weighted by Crippen LogP contribution is 2.40. The predicted molar refractivity (Wildman–Crippen MR) is 94.6 cm³/mol. The molecule has 124 valence electrons. The Morgan fingerprint density at radius 3 is 2.75 bits per heavy atom. The van der Waals surface area contributed by atoms with Crippen LogP contribution in [0.2, 0.25) is 0 Å². The first-order valence-corrected chi connectivity index (χ1v) is 8.42. The minimum Gasteiger partial charge on any atom is -0.383 e. The lowest BCUT2D eigenvalue weighted by Crippen LogP contribution is -2.32. The number of nitrogens with two attached hydrogens (primary N) is 1. The van der Waals surface area contributed by atoms with Crippen LogP contribution in [-0.2, 0) is 12.8 Å². The molecule has 1 aliphatic heterocycles. The Labute approximate surface area is 141 Å². The second-order valence-corrected chi connectivity index (χ2v) is 7.72. The molecule has 24 heavy (non-hydrogen) atoms. The third-order valence-corrected chi connectivity index (χ3v) is 4.99. The molecule has 1 aliphatic carbocycles. The number of nitrogen functional groups attached to an aromatic ring is 1. The number of hydrogen-bond donors (Lipinski definition) is 1. The van der Waals surface area contributed by atoms with Crippen molar-refractivity contribution in [2.75, 3.05) is 10.6 Å². The van der Waals surface area contributed by atoms with Crippen molar-refractivity contribution in [1.82, 2.24) is 9.97 Å². The van der Waals surface area contributed by atoms with Gasteiger partial charge in [0.05, 0.1) is 11.3 Å². The summed E-state index contributed by atoms with van der Waals surface area (Å²) in [5.41, 5.74) is 9.81. The van der Waals surface area contributed by atoms with Crippen LogP contribution < -0.4 is 10.6 Å². The van der Waals surface area contributed by atoms with Crippen LogP contribution >= 0.6 is 0 Å². The first-order chi connectivity index (χ1) is 11.4. The Hall–Kier alpha value is -2.43. The van der Waals surface area contributed by atoms with Crippen LogP contribution in [0.5, 0.6) is 0 Å². The molecule has 0 amide bonds. The van der Waals surface area contributed by atoms with Crippen LogP contribution in [0.3, 0.4) is 0 Å². The molecule has 0 saturated carbocycles. The number of fused-ring (bicyclic) bond motifs is 2. The molecule has 1 aromatic carbocycles. The third kappa shape index (κ3) is 2.27. The average molecular weight is 322 g/mol. The number of carbonyl (C=O) groups is 1. The number of aromatic nitrogens is 2. The Bertz CT molecular complexity index is 843. The van der Waals surface area contributed by atoms with Gasteiger partial charge in [-0.3, -0.25) is 4.79 Å². The van der Waals surface area contributed by atoms with Crippen molar-refractivity contribution in [1.29, 1.82) is 0 Å². The van der Waals surface area contributed by atoms with Gasteiger partial charge in [-0.05, 0) is 36.8 Å². The Morgan fingerprint density at radius 1 is 1.21 bits per heavy atom. The fourth-order valence-electron chi connectivity index (χ4n) is 3.96. The van der Waals surface area contributed by atoms with Crippen LogP contribution in [0.15, 0.2) is 24.3 Å². The molecule has 5 nitrogen and oxygen atoms in total. The zero-order valence-corrected chi connectivity index (χ0v) is 14.3. The molecule has 2 aliphatic rings. The zero-order valence-electron chi connectivity index (χ0n) is 14.3. The number of anilines is 3. The summed E-state index contributed by atoms with van der Waals surface area (Å²) in [6, 6.07) is 8.58. The first kappa shape index (κ1) is 15.1. The smallest absolute Gasteiger partial charge is 0.232 e. The fraction of sp³-hybridized carbons (Fsp3) is 0.421. The molecule has 0 fully saturated rings. The van der Waals surface area contributed by atoms with E-state index in [0.717, 1.165) is 24.2 Å². The number of nitrogens with zero attached hydrogens (tertiary/aromatic N) is 3. The lowest BCUT2D eigenvalue weighted by molar-refractivity contribution is 0.0911. The fourth-order valence-corrected chi connectivity index (χ4v) is 3.96. The lowest BCUT2D eigenvalue weighted by Gasteiger charge is -2.31. The number of hydrogen-bond acceptors (Lipinski definition) is 5. The van der Waals surface area contributed by atoms with E-state index in [0.29, 0.717) is 23.8 Å². The number of para-hydroxylation sites is 1. The van der Waals surface area contributed by atoms with E-state index in [1.54, 1.807) is 0 Å². The Balaban J connectivity index is 1.84. The third-order valence-electron chi connectivity index (χ3n) is 4.99. The number of Topliss-reactive ketones (excluding diaryl/α,β-unsaturated/α-hetero) is 1. The van der Waals surface area contributed by atoms with Crippen molar-refractivity contribution in [3.8, 4) is 0 Å². The Morgan fingerprint density at radius 2 is 1.96 bits per heavy atom. The average Bonchev–Trinajstić information content (AvgIpc) is 2.80. The van der Waals surface area contributed by atoms with Gasteiger partial charge in [0.15, 0.2) is 5.78 Å². The molecule has 1 atom stereocenters. The molecule has 0 spiro atoms. The minimum atomic E-state index is -0.0866. The largest absolute Gasteiger partial charge is 0.383 e. The second kappa shape index (κ2) is 5.03. The monoisotopic (exact) mass is 322 g/mol. The lowest BCUT2D eigenvalue weighted by atomic mass is 9.76. The molecule has 1 unspecified atom stereocenters. The van der Waals surface area contributed by atoms with E-state index in [9.17, 15) is 4.79 Å². The summed E-state index contributed by atoms with van der Waals surface area (Å²) in [4.78, 5) is 23.8. The van der Waals surface area contributed by atoms with Crippen molar-refractivity contribution < 1.29 is 4.79 Å². The number of carbonyl (C=O) groups excluding carboxylic acids is 1. The van der Waals surface area contributed by atoms with Gasteiger partial charge >= 0.3 is 0 Å². The summed E-state index contributed by atoms with van der Waals surface area (Å²) in [5.74, 6) is 0.974. The molecular weight excluding hydrogens is 300 g/mol. The zero-order chi connectivity index (χ0) is 17.1. The summed E-state index contributed by atoms with van der Waals surface area (Å²) in [5, 5.41) is 0. The van der Waals surface area contributed by atoms with Crippen molar-refractivity contribution in [3.05, 3.63) is 41.1 Å². The minimum absolute atomic E-state index is 0.0557.